The van der Waals surface area contributed by atoms with E-state index >= 15 is 4.39 Å². The van der Waals surface area contributed by atoms with Crippen molar-refractivity contribution in [2.24, 2.45) is 0 Å². The molecule has 258 valence electrons. The van der Waals surface area contributed by atoms with Crippen molar-refractivity contribution in [2.45, 2.75) is 38.5 Å². The van der Waals surface area contributed by atoms with Crippen molar-refractivity contribution in [1.82, 2.24) is 29.2 Å². The number of allylic oxidation sites excluding steroid dienone is 1. The van der Waals surface area contributed by atoms with E-state index < -0.39 is 32.0 Å². The number of carbonyl (C=O) groups is 2. The maximum Gasteiger partial charge on any atom is 0.277 e. The first-order chi connectivity index (χ1) is 23.7. The highest BCUT2D eigenvalue weighted by Gasteiger charge is 2.33. The number of benzene rings is 1. The molecule has 0 atom stereocenters. The number of amides is 1. The lowest BCUT2D eigenvalue weighted by atomic mass is 9.99. The topological polar surface area (TPSA) is 140 Å². The number of aryl methyl sites for hydroxylation is 2. The van der Waals surface area contributed by atoms with E-state index in [-0.39, 0.29) is 60.4 Å². The summed E-state index contributed by atoms with van der Waals surface area (Å²) < 4.78 is 46.4. The number of rotatable bonds is 7. The van der Waals surface area contributed by atoms with Crippen molar-refractivity contribution in [2.75, 3.05) is 37.3 Å². The molecule has 1 amide bonds. The third-order valence-corrected chi connectivity index (χ3v) is 10.1. The second-order valence-electron chi connectivity index (χ2n) is 12.6. The van der Waals surface area contributed by atoms with Gasteiger partial charge in [-0.3, -0.25) is 23.9 Å². The molecule has 50 heavy (non-hydrogen) atoms. The van der Waals surface area contributed by atoms with Crippen LogP contribution in [0, 0.1) is 19.7 Å². The van der Waals surface area contributed by atoms with Crippen LogP contribution < -0.4 is 10.5 Å². The van der Waals surface area contributed by atoms with Crippen molar-refractivity contribution >= 4 is 49.3 Å². The first-order valence-electron chi connectivity index (χ1n) is 16.0. The van der Waals surface area contributed by atoms with E-state index in [1.165, 1.54) is 22.9 Å². The molecule has 1 aliphatic rings. The second kappa shape index (κ2) is 12.8. The van der Waals surface area contributed by atoms with E-state index in [1.807, 2.05) is 13.8 Å². The van der Waals surface area contributed by atoms with Gasteiger partial charge in [0.1, 0.15) is 11.5 Å². The number of halogens is 1. The van der Waals surface area contributed by atoms with Gasteiger partial charge in [-0.05, 0) is 61.2 Å². The van der Waals surface area contributed by atoms with Crippen molar-refractivity contribution in [3.8, 4) is 16.9 Å². The summed E-state index contributed by atoms with van der Waals surface area (Å²) in [6, 6.07) is 6.33. The molecule has 0 N–H and O–H groups in total. The molecule has 0 spiro atoms. The van der Waals surface area contributed by atoms with E-state index in [1.54, 1.807) is 48.0 Å². The molecule has 0 aliphatic carbocycles. The summed E-state index contributed by atoms with van der Waals surface area (Å²) in [6.07, 6.45) is 6.34. The van der Waals surface area contributed by atoms with Gasteiger partial charge >= 0.3 is 0 Å². The number of fused-ring (bicyclic) bond motifs is 2. The fourth-order valence-electron chi connectivity index (χ4n) is 6.63. The number of carbonyl (C=O) groups excluding carboxylic acids is 2. The Balaban J connectivity index is 1.77. The Morgan fingerprint density at radius 3 is 2.26 bits per heavy atom. The van der Waals surface area contributed by atoms with Gasteiger partial charge in [-0.2, -0.15) is 9.78 Å². The molecule has 0 bridgehead atoms. The van der Waals surface area contributed by atoms with Crippen LogP contribution in [0.1, 0.15) is 41.4 Å². The summed E-state index contributed by atoms with van der Waals surface area (Å²) in [5, 5.41) is 4.75. The average Bonchev–Trinajstić information content (AvgIpc) is 3.51. The first kappa shape index (κ1) is 34.4. The Kier molecular flexibility index (Phi) is 8.76. The number of sulfone groups is 1. The number of hydrogen-bond donors (Lipinski definition) is 0. The Morgan fingerprint density at radius 2 is 1.64 bits per heavy atom. The van der Waals surface area contributed by atoms with Gasteiger partial charge in [0.2, 0.25) is 5.91 Å². The zero-order valence-electron chi connectivity index (χ0n) is 28.4. The standard InChI is InChI=1S/C36H36FN7O5S/c1-8-27(45)41-14-16-42(17-15-41)33-23-18-25(37)31(29-21(5)10-11-26-24(29)19-39-44(26)28(46)9-2)40-35(23)43(36(47)34(33)50(7,48)49)32-22(6)12-13-38-30(32)20(3)4/h8-13,18-20H,1-2,14-17H2,3-7H3. The monoisotopic (exact) mass is 697 g/mol. The zero-order valence-corrected chi connectivity index (χ0v) is 29.2. The third kappa shape index (κ3) is 5.58. The van der Waals surface area contributed by atoms with E-state index in [0.717, 1.165) is 17.0 Å². The summed E-state index contributed by atoms with van der Waals surface area (Å²) in [4.78, 5) is 51.9. The average molecular weight is 698 g/mol. The normalized spacial score (nSPS) is 13.7. The Hall–Kier alpha value is -5.50. The summed E-state index contributed by atoms with van der Waals surface area (Å²) >= 11 is 0. The van der Waals surface area contributed by atoms with E-state index in [0.29, 0.717) is 39.0 Å². The molecule has 12 nitrogen and oxygen atoms in total. The van der Waals surface area contributed by atoms with Gasteiger partial charge < -0.3 is 9.80 Å². The minimum atomic E-state index is -4.23. The van der Waals surface area contributed by atoms with E-state index in [2.05, 4.69) is 23.2 Å². The van der Waals surface area contributed by atoms with Crippen molar-refractivity contribution < 1.29 is 22.4 Å². The molecule has 4 aromatic heterocycles. The van der Waals surface area contributed by atoms with Gasteiger partial charge in [0.15, 0.2) is 20.4 Å². The van der Waals surface area contributed by atoms with Crippen LogP contribution in [0.2, 0.25) is 0 Å². The molecule has 1 aromatic carbocycles. The van der Waals surface area contributed by atoms with Crippen LogP contribution in [-0.2, 0) is 14.6 Å². The maximum atomic E-state index is 16.8. The molecule has 6 rings (SSSR count). The summed E-state index contributed by atoms with van der Waals surface area (Å²) in [5.41, 5.74) is 1.92. The molecule has 14 heteroatoms. The van der Waals surface area contributed by atoms with Gasteiger partial charge in [-0.25, -0.2) is 17.8 Å². The highest BCUT2D eigenvalue weighted by Crippen LogP contribution is 2.39. The minimum Gasteiger partial charge on any atom is -0.366 e. The Bertz CT molecular complexity index is 2440. The molecular weight excluding hydrogens is 662 g/mol. The van der Waals surface area contributed by atoms with Crippen molar-refractivity contribution in [3.63, 3.8) is 0 Å². The van der Waals surface area contributed by atoms with Gasteiger partial charge in [0.05, 0.1) is 28.8 Å². The molecule has 1 aliphatic heterocycles. The molecule has 1 saturated heterocycles. The smallest absolute Gasteiger partial charge is 0.277 e. The lowest BCUT2D eigenvalue weighted by Crippen LogP contribution is -2.49. The summed E-state index contributed by atoms with van der Waals surface area (Å²) in [6.45, 7) is 15.2. The van der Waals surface area contributed by atoms with Crippen molar-refractivity contribution in [3.05, 3.63) is 95.0 Å². The van der Waals surface area contributed by atoms with Crippen LogP contribution in [0.4, 0.5) is 10.1 Å². The van der Waals surface area contributed by atoms with E-state index in [9.17, 15) is 22.8 Å². The maximum absolute atomic E-state index is 16.8. The first-order valence-corrected chi connectivity index (χ1v) is 17.8. The molecule has 0 saturated carbocycles. The predicted octanol–water partition coefficient (Wildman–Crippen LogP) is 4.74. The largest absolute Gasteiger partial charge is 0.366 e. The van der Waals surface area contributed by atoms with Crippen LogP contribution >= 0.6 is 0 Å². The van der Waals surface area contributed by atoms with Crippen LogP contribution in [0.25, 0.3) is 38.9 Å². The quantitative estimate of drug-likeness (QED) is 0.221. The number of nitrogens with zero attached hydrogens (tertiary/aromatic N) is 7. The summed E-state index contributed by atoms with van der Waals surface area (Å²) in [5.74, 6) is -1.72. The number of aromatic nitrogens is 5. The van der Waals surface area contributed by atoms with Gasteiger partial charge in [0.25, 0.3) is 11.5 Å². The number of hydrogen-bond acceptors (Lipinski definition) is 9. The molecule has 1 fully saturated rings. The Labute approximate surface area is 288 Å². The van der Waals surface area contributed by atoms with Crippen molar-refractivity contribution in [1.29, 1.82) is 0 Å². The van der Waals surface area contributed by atoms with Crippen LogP contribution in [0.3, 0.4) is 0 Å². The number of anilines is 1. The summed E-state index contributed by atoms with van der Waals surface area (Å²) in [7, 11) is -4.23. The number of pyridine rings is 3. The highest BCUT2D eigenvalue weighted by atomic mass is 32.2. The molecule has 5 aromatic rings. The third-order valence-electron chi connectivity index (χ3n) is 8.99. The molecule has 5 heterocycles. The zero-order chi connectivity index (χ0) is 36.2. The number of piperazine rings is 1. The van der Waals surface area contributed by atoms with Crippen LogP contribution in [-0.4, -0.2) is 81.9 Å². The van der Waals surface area contributed by atoms with Gasteiger partial charge in [-0.1, -0.05) is 33.1 Å². The molecule has 0 unspecified atom stereocenters. The SMILES string of the molecule is C=CC(=O)N1CCN(c2c(S(C)(=O)=O)c(=O)n(-c3c(C)ccnc3C(C)C)c3nc(-c4c(C)ccc5c4cnn5C(=O)C=C)c(F)cc23)CC1. The van der Waals surface area contributed by atoms with Gasteiger partial charge in [0, 0.05) is 55.0 Å². The van der Waals surface area contributed by atoms with Crippen LogP contribution in [0.15, 0.2) is 71.7 Å². The lowest BCUT2D eigenvalue weighted by molar-refractivity contribution is -0.126. The predicted molar refractivity (Wildman–Crippen MR) is 190 cm³/mol. The fourth-order valence-corrected chi connectivity index (χ4v) is 7.63. The molecule has 0 radical (unpaired) electrons. The van der Waals surface area contributed by atoms with Crippen LogP contribution in [0.5, 0.6) is 0 Å². The Morgan fingerprint density at radius 1 is 0.960 bits per heavy atom. The lowest BCUT2D eigenvalue weighted by Gasteiger charge is -2.37. The fraction of sp³-hybridized carbons (Fsp3) is 0.278. The van der Waals surface area contributed by atoms with E-state index in [4.69, 9.17) is 4.98 Å². The highest BCUT2D eigenvalue weighted by molar-refractivity contribution is 7.90. The van der Waals surface area contributed by atoms with Gasteiger partial charge in [-0.15, -0.1) is 0 Å². The minimum absolute atomic E-state index is 0.0133. The second-order valence-corrected chi connectivity index (χ2v) is 14.6. The molecular formula is C36H36FN7O5S.